The lowest BCUT2D eigenvalue weighted by Gasteiger charge is -2.18. The number of nitrogens with one attached hydrogen (secondary N) is 2. The molecule has 1 aliphatic carbocycles. The van der Waals surface area contributed by atoms with E-state index in [1.165, 1.54) is 25.8 Å². The molecule has 1 saturated heterocycles. The van der Waals surface area contributed by atoms with Crippen LogP contribution < -0.4 is 10.6 Å². The highest BCUT2D eigenvalue weighted by atomic mass is 15.2. The van der Waals surface area contributed by atoms with Crippen molar-refractivity contribution in [1.82, 2.24) is 14.9 Å². The van der Waals surface area contributed by atoms with Gasteiger partial charge in [0, 0.05) is 37.8 Å². The lowest BCUT2D eigenvalue weighted by atomic mass is 10.2. The molecule has 3 rings (SSSR count). The van der Waals surface area contributed by atoms with Gasteiger partial charge >= 0.3 is 0 Å². The molecule has 1 aromatic rings. The molecule has 0 amide bonds. The number of nitrogens with zero attached hydrogens (tertiary/aromatic N) is 3. The van der Waals surface area contributed by atoms with Gasteiger partial charge in [-0.25, -0.2) is 9.97 Å². The van der Waals surface area contributed by atoms with Crippen LogP contribution in [0.4, 0.5) is 11.6 Å². The molecule has 104 valence electrons. The Hall–Kier alpha value is -1.36. The zero-order chi connectivity index (χ0) is 13.4. The van der Waals surface area contributed by atoms with Crippen LogP contribution >= 0.6 is 0 Å². The maximum Gasteiger partial charge on any atom is 0.135 e. The average molecular weight is 261 g/mol. The SMILES string of the molecule is CNc1nc(C)nc(NC2CCN(C3CC3)C2)c1C. The highest BCUT2D eigenvalue weighted by Crippen LogP contribution is 2.31. The second-order valence-electron chi connectivity index (χ2n) is 5.70. The molecule has 0 aromatic carbocycles. The van der Waals surface area contributed by atoms with Crippen molar-refractivity contribution in [3.63, 3.8) is 0 Å². The number of aryl methyl sites for hydroxylation is 1. The van der Waals surface area contributed by atoms with Crippen LogP contribution in [0.15, 0.2) is 0 Å². The Morgan fingerprint density at radius 2 is 1.84 bits per heavy atom. The van der Waals surface area contributed by atoms with Gasteiger partial charge in [-0.1, -0.05) is 0 Å². The summed E-state index contributed by atoms with van der Waals surface area (Å²) in [5, 5.41) is 6.74. The van der Waals surface area contributed by atoms with Gasteiger partial charge in [0.15, 0.2) is 0 Å². The van der Waals surface area contributed by atoms with Gasteiger partial charge in [-0.15, -0.1) is 0 Å². The fourth-order valence-corrected chi connectivity index (χ4v) is 2.88. The normalized spacial score (nSPS) is 23.6. The van der Waals surface area contributed by atoms with E-state index in [0.29, 0.717) is 6.04 Å². The molecule has 1 atom stereocenters. The van der Waals surface area contributed by atoms with Crippen LogP contribution in [-0.4, -0.2) is 47.1 Å². The highest BCUT2D eigenvalue weighted by molar-refractivity contribution is 5.57. The van der Waals surface area contributed by atoms with E-state index < -0.39 is 0 Å². The van der Waals surface area contributed by atoms with Gasteiger partial charge in [0.2, 0.25) is 0 Å². The van der Waals surface area contributed by atoms with Gasteiger partial charge < -0.3 is 10.6 Å². The Balaban J connectivity index is 1.70. The summed E-state index contributed by atoms with van der Waals surface area (Å²) in [6, 6.07) is 1.39. The Labute approximate surface area is 114 Å². The van der Waals surface area contributed by atoms with Crippen molar-refractivity contribution in [2.75, 3.05) is 30.8 Å². The van der Waals surface area contributed by atoms with Gasteiger partial charge in [0.1, 0.15) is 17.5 Å². The Kier molecular flexibility index (Phi) is 3.31. The van der Waals surface area contributed by atoms with Crippen molar-refractivity contribution in [2.45, 2.75) is 45.2 Å². The topological polar surface area (TPSA) is 53.1 Å². The molecule has 5 nitrogen and oxygen atoms in total. The third kappa shape index (κ3) is 2.66. The molecule has 2 fully saturated rings. The lowest BCUT2D eigenvalue weighted by Crippen LogP contribution is -2.28. The third-order valence-corrected chi connectivity index (χ3v) is 4.12. The molecular weight excluding hydrogens is 238 g/mol. The summed E-state index contributed by atoms with van der Waals surface area (Å²) in [5.74, 6) is 2.72. The maximum absolute atomic E-state index is 4.55. The minimum Gasteiger partial charge on any atom is -0.373 e. The average Bonchev–Trinajstić information content (AvgIpc) is 3.14. The fourth-order valence-electron chi connectivity index (χ4n) is 2.88. The van der Waals surface area contributed by atoms with Crippen molar-refractivity contribution >= 4 is 11.6 Å². The maximum atomic E-state index is 4.55. The van der Waals surface area contributed by atoms with Gasteiger partial charge in [-0.2, -0.15) is 0 Å². The fraction of sp³-hybridized carbons (Fsp3) is 0.714. The molecule has 0 spiro atoms. The second kappa shape index (κ2) is 4.96. The summed E-state index contributed by atoms with van der Waals surface area (Å²) in [7, 11) is 1.91. The highest BCUT2D eigenvalue weighted by Gasteiger charge is 2.34. The number of aromatic nitrogens is 2. The predicted octanol–water partition coefficient (Wildman–Crippen LogP) is 1.78. The minimum absolute atomic E-state index is 0.526. The second-order valence-corrected chi connectivity index (χ2v) is 5.70. The van der Waals surface area contributed by atoms with E-state index in [9.17, 15) is 0 Å². The van der Waals surface area contributed by atoms with Gasteiger partial charge in [-0.3, -0.25) is 4.90 Å². The molecule has 19 heavy (non-hydrogen) atoms. The van der Waals surface area contributed by atoms with Crippen molar-refractivity contribution < 1.29 is 0 Å². The zero-order valence-electron chi connectivity index (χ0n) is 12.0. The number of rotatable bonds is 4. The van der Waals surface area contributed by atoms with Crippen molar-refractivity contribution in [2.24, 2.45) is 0 Å². The van der Waals surface area contributed by atoms with Gasteiger partial charge in [0.05, 0.1) is 0 Å². The standard InChI is InChI=1S/C14H23N5/c1-9-13(15-3)16-10(2)17-14(9)18-11-6-7-19(8-11)12-4-5-12/h11-12H,4-8H2,1-3H3,(H2,15,16,17,18). The molecule has 1 saturated carbocycles. The van der Waals surface area contributed by atoms with Crippen LogP contribution in [0.2, 0.25) is 0 Å². The van der Waals surface area contributed by atoms with Crippen LogP contribution in [0.1, 0.15) is 30.7 Å². The largest absolute Gasteiger partial charge is 0.373 e. The zero-order valence-corrected chi connectivity index (χ0v) is 12.0. The summed E-state index contributed by atoms with van der Waals surface area (Å²) in [6.45, 7) is 6.39. The molecule has 0 radical (unpaired) electrons. The van der Waals surface area contributed by atoms with Crippen LogP contribution in [-0.2, 0) is 0 Å². The molecule has 0 bridgehead atoms. The van der Waals surface area contributed by atoms with E-state index in [2.05, 4.69) is 32.4 Å². The van der Waals surface area contributed by atoms with Crippen molar-refractivity contribution in [3.8, 4) is 0 Å². The third-order valence-electron chi connectivity index (χ3n) is 4.12. The lowest BCUT2D eigenvalue weighted by molar-refractivity contribution is 0.326. The van der Waals surface area contributed by atoms with E-state index in [0.717, 1.165) is 35.6 Å². The number of likely N-dealkylation sites (tertiary alicyclic amines) is 1. The monoisotopic (exact) mass is 261 g/mol. The van der Waals surface area contributed by atoms with Crippen molar-refractivity contribution in [3.05, 3.63) is 11.4 Å². The minimum atomic E-state index is 0.526. The van der Waals surface area contributed by atoms with Crippen LogP contribution in [0.25, 0.3) is 0 Å². The molecule has 2 N–H and O–H groups in total. The summed E-state index contributed by atoms with van der Waals surface area (Å²) in [6.07, 6.45) is 4.00. The summed E-state index contributed by atoms with van der Waals surface area (Å²) in [5.41, 5.74) is 1.11. The number of hydrogen-bond acceptors (Lipinski definition) is 5. The summed E-state index contributed by atoms with van der Waals surface area (Å²) in [4.78, 5) is 11.6. The molecule has 1 aliphatic heterocycles. The molecule has 2 heterocycles. The van der Waals surface area contributed by atoms with Crippen LogP contribution in [0.3, 0.4) is 0 Å². The molecule has 2 aliphatic rings. The predicted molar refractivity (Wildman–Crippen MR) is 77.7 cm³/mol. The van der Waals surface area contributed by atoms with Crippen LogP contribution in [0, 0.1) is 13.8 Å². The number of anilines is 2. The molecular formula is C14H23N5. The molecule has 5 heteroatoms. The quantitative estimate of drug-likeness (QED) is 0.865. The van der Waals surface area contributed by atoms with Crippen LogP contribution in [0.5, 0.6) is 0 Å². The van der Waals surface area contributed by atoms with E-state index in [1.807, 2.05) is 14.0 Å². The summed E-state index contributed by atoms with van der Waals surface area (Å²) < 4.78 is 0. The Morgan fingerprint density at radius 3 is 2.53 bits per heavy atom. The van der Waals surface area contributed by atoms with E-state index in [-0.39, 0.29) is 0 Å². The first-order chi connectivity index (χ1) is 9.17. The first-order valence-electron chi connectivity index (χ1n) is 7.21. The van der Waals surface area contributed by atoms with Crippen molar-refractivity contribution in [1.29, 1.82) is 0 Å². The molecule has 1 unspecified atom stereocenters. The van der Waals surface area contributed by atoms with E-state index >= 15 is 0 Å². The first-order valence-corrected chi connectivity index (χ1v) is 7.21. The molecule has 1 aromatic heterocycles. The Bertz CT molecular complexity index is 469. The summed E-state index contributed by atoms with van der Waals surface area (Å²) >= 11 is 0. The van der Waals surface area contributed by atoms with Gasteiger partial charge in [-0.05, 0) is 33.1 Å². The number of hydrogen-bond donors (Lipinski definition) is 2. The van der Waals surface area contributed by atoms with E-state index in [1.54, 1.807) is 0 Å². The Morgan fingerprint density at radius 1 is 1.11 bits per heavy atom. The van der Waals surface area contributed by atoms with Gasteiger partial charge in [0.25, 0.3) is 0 Å². The first kappa shape index (κ1) is 12.7. The van der Waals surface area contributed by atoms with E-state index in [4.69, 9.17) is 0 Å². The smallest absolute Gasteiger partial charge is 0.135 e.